The second-order valence-corrected chi connectivity index (χ2v) is 4.79. The van der Waals surface area contributed by atoms with Gasteiger partial charge in [0, 0.05) is 18.9 Å². The Balaban J connectivity index is 1.73. The summed E-state index contributed by atoms with van der Waals surface area (Å²) in [4.78, 5) is 22.2. The number of aliphatic carboxylic acids is 1. The minimum absolute atomic E-state index is 0.0237. The van der Waals surface area contributed by atoms with Gasteiger partial charge in [0.15, 0.2) is 6.10 Å². The second kappa shape index (κ2) is 5.84. The highest BCUT2D eigenvalue weighted by Crippen LogP contribution is 2.47. The van der Waals surface area contributed by atoms with Crippen molar-refractivity contribution in [1.29, 1.82) is 0 Å². The zero-order valence-corrected chi connectivity index (χ0v) is 10.5. The monoisotopic (exact) mass is 263 g/mol. The maximum atomic E-state index is 11.8. The summed E-state index contributed by atoms with van der Waals surface area (Å²) >= 11 is 0. The fourth-order valence-corrected chi connectivity index (χ4v) is 2.14. The lowest BCUT2D eigenvalue weighted by atomic mass is 10.1. The average Bonchev–Trinajstić information content (AvgIpc) is 3.19. The van der Waals surface area contributed by atoms with Gasteiger partial charge in [0.2, 0.25) is 5.91 Å². The Morgan fingerprint density at radius 3 is 2.63 bits per heavy atom. The van der Waals surface area contributed by atoms with Gasteiger partial charge in [0.05, 0.1) is 0 Å². The Labute approximate surface area is 111 Å². The van der Waals surface area contributed by atoms with Crippen LogP contribution in [0.3, 0.4) is 0 Å². The number of aliphatic hydroxyl groups is 1. The van der Waals surface area contributed by atoms with E-state index in [4.69, 9.17) is 10.2 Å². The van der Waals surface area contributed by atoms with Crippen LogP contribution in [0.1, 0.15) is 24.3 Å². The summed E-state index contributed by atoms with van der Waals surface area (Å²) in [5, 5.41) is 20.2. The van der Waals surface area contributed by atoms with E-state index in [1.165, 1.54) is 0 Å². The van der Waals surface area contributed by atoms with E-state index in [0.717, 1.165) is 12.0 Å². The van der Waals surface area contributed by atoms with Gasteiger partial charge in [-0.3, -0.25) is 4.79 Å². The molecular weight excluding hydrogens is 246 g/mol. The number of hydrogen-bond donors (Lipinski definition) is 3. The first-order valence-electron chi connectivity index (χ1n) is 6.33. The highest BCUT2D eigenvalue weighted by molar-refractivity contribution is 5.83. The molecule has 0 radical (unpaired) electrons. The van der Waals surface area contributed by atoms with Gasteiger partial charge in [0.1, 0.15) is 0 Å². The Morgan fingerprint density at radius 1 is 1.32 bits per heavy atom. The highest BCUT2D eigenvalue weighted by Gasteiger charge is 2.43. The number of carboxylic acids is 1. The molecule has 19 heavy (non-hydrogen) atoms. The number of carboxylic acid groups (broad SMARTS) is 1. The van der Waals surface area contributed by atoms with Crippen LogP contribution >= 0.6 is 0 Å². The summed E-state index contributed by atoms with van der Waals surface area (Å²) in [5.74, 6) is -1.08. The molecule has 3 unspecified atom stereocenters. The van der Waals surface area contributed by atoms with Gasteiger partial charge in [-0.2, -0.15) is 0 Å². The molecule has 0 saturated heterocycles. The van der Waals surface area contributed by atoms with Crippen molar-refractivity contribution in [3.05, 3.63) is 35.9 Å². The van der Waals surface area contributed by atoms with E-state index < -0.39 is 12.1 Å². The molecule has 0 bridgehead atoms. The first-order chi connectivity index (χ1) is 9.09. The van der Waals surface area contributed by atoms with Gasteiger partial charge in [-0.25, -0.2) is 4.79 Å². The van der Waals surface area contributed by atoms with Crippen molar-refractivity contribution in [2.75, 3.05) is 6.54 Å². The molecule has 1 aliphatic rings. The number of amides is 1. The number of carbonyl (C=O) groups excluding carboxylic acids is 1. The molecule has 102 valence electrons. The molecule has 1 aliphatic carbocycles. The fourth-order valence-electron chi connectivity index (χ4n) is 2.14. The van der Waals surface area contributed by atoms with Crippen LogP contribution in [-0.2, 0) is 9.59 Å². The quantitative estimate of drug-likeness (QED) is 0.706. The molecule has 1 fully saturated rings. The van der Waals surface area contributed by atoms with E-state index in [1.54, 1.807) is 0 Å². The maximum Gasteiger partial charge on any atom is 0.332 e. The van der Waals surface area contributed by atoms with Crippen LogP contribution in [0.2, 0.25) is 0 Å². The Morgan fingerprint density at radius 2 is 2.00 bits per heavy atom. The van der Waals surface area contributed by atoms with Gasteiger partial charge in [0.25, 0.3) is 0 Å². The molecule has 1 aromatic carbocycles. The molecule has 2 rings (SSSR count). The lowest BCUT2D eigenvalue weighted by molar-refractivity contribution is -0.147. The number of benzene rings is 1. The predicted molar refractivity (Wildman–Crippen MR) is 68.6 cm³/mol. The van der Waals surface area contributed by atoms with E-state index in [1.807, 2.05) is 30.3 Å². The van der Waals surface area contributed by atoms with Crippen molar-refractivity contribution < 1.29 is 19.8 Å². The van der Waals surface area contributed by atoms with E-state index in [2.05, 4.69) is 5.32 Å². The average molecular weight is 263 g/mol. The second-order valence-electron chi connectivity index (χ2n) is 4.79. The van der Waals surface area contributed by atoms with Gasteiger partial charge in [-0.15, -0.1) is 0 Å². The summed E-state index contributed by atoms with van der Waals surface area (Å²) in [6.45, 7) is 0.185. The first-order valence-corrected chi connectivity index (χ1v) is 6.33. The van der Waals surface area contributed by atoms with E-state index >= 15 is 0 Å². The normalized spacial score (nSPS) is 22.6. The minimum atomic E-state index is -1.41. The van der Waals surface area contributed by atoms with Crippen LogP contribution in [0.4, 0.5) is 0 Å². The van der Waals surface area contributed by atoms with Crippen molar-refractivity contribution in [3.63, 3.8) is 0 Å². The minimum Gasteiger partial charge on any atom is -0.479 e. The Hall–Kier alpha value is -1.88. The molecular formula is C14H17NO4. The molecule has 0 spiro atoms. The van der Waals surface area contributed by atoms with Crippen molar-refractivity contribution in [2.24, 2.45) is 5.92 Å². The number of carbonyl (C=O) groups is 2. The number of rotatable bonds is 6. The van der Waals surface area contributed by atoms with E-state index in [-0.39, 0.29) is 30.7 Å². The summed E-state index contributed by atoms with van der Waals surface area (Å²) in [6, 6.07) is 9.85. The van der Waals surface area contributed by atoms with Crippen molar-refractivity contribution >= 4 is 11.9 Å². The molecule has 5 heteroatoms. The number of hydrogen-bond acceptors (Lipinski definition) is 3. The maximum absolute atomic E-state index is 11.8. The molecule has 1 saturated carbocycles. The summed E-state index contributed by atoms with van der Waals surface area (Å²) in [5.41, 5.74) is 1.16. The third-order valence-electron chi connectivity index (χ3n) is 3.36. The van der Waals surface area contributed by atoms with Gasteiger partial charge in [-0.1, -0.05) is 30.3 Å². The molecule has 3 atom stereocenters. The topological polar surface area (TPSA) is 86.6 Å². The smallest absolute Gasteiger partial charge is 0.332 e. The van der Waals surface area contributed by atoms with E-state index in [9.17, 15) is 9.59 Å². The lowest BCUT2D eigenvalue weighted by Gasteiger charge is -2.07. The summed E-state index contributed by atoms with van der Waals surface area (Å²) < 4.78 is 0. The molecule has 0 heterocycles. The molecule has 3 N–H and O–H groups in total. The molecule has 1 amide bonds. The third-order valence-corrected chi connectivity index (χ3v) is 3.36. The molecule has 1 aromatic rings. The Bertz CT molecular complexity index is 460. The molecule has 0 aromatic heterocycles. The van der Waals surface area contributed by atoms with Crippen LogP contribution in [0.5, 0.6) is 0 Å². The van der Waals surface area contributed by atoms with Crippen LogP contribution in [0, 0.1) is 5.92 Å². The molecule has 5 nitrogen and oxygen atoms in total. The van der Waals surface area contributed by atoms with E-state index in [0.29, 0.717) is 0 Å². The zero-order chi connectivity index (χ0) is 13.8. The largest absolute Gasteiger partial charge is 0.479 e. The third kappa shape index (κ3) is 3.54. The van der Waals surface area contributed by atoms with Crippen molar-refractivity contribution in [1.82, 2.24) is 5.32 Å². The van der Waals surface area contributed by atoms with Gasteiger partial charge >= 0.3 is 5.97 Å². The van der Waals surface area contributed by atoms with Crippen LogP contribution in [0.15, 0.2) is 30.3 Å². The van der Waals surface area contributed by atoms with Crippen LogP contribution in [0.25, 0.3) is 0 Å². The number of aliphatic hydroxyl groups excluding tert-OH is 1. The zero-order valence-electron chi connectivity index (χ0n) is 10.5. The SMILES string of the molecule is O=C(O)C(O)CCNC(=O)C1CC1c1ccccc1. The summed E-state index contributed by atoms with van der Waals surface area (Å²) in [6.07, 6.45) is -0.550. The van der Waals surface area contributed by atoms with Crippen LogP contribution < -0.4 is 5.32 Å². The lowest BCUT2D eigenvalue weighted by Crippen LogP contribution is -2.31. The van der Waals surface area contributed by atoms with Crippen molar-refractivity contribution in [2.45, 2.75) is 24.9 Å². The molecule has 0 aliphatic heterocycles. The number of nitrogens with one attached hydrogen (secondary N) is 1. The predicted octanol–water partition coefficient (Wildman–Crippen LogP) is 0.742. The summed E-state index contributed by atoms with van der Waals surface area (Å²) in [7, 11) is 0. The standard InChI is InChI=1S/C14H17NO4/c16-12(14(18)19)6-7-15-13(17)11-8-10(11)9-4-2-1-3-5-9/h1-5,10-12,16H,6-8H2,(H,15,17)(H,18,19). The van der Waals surface area contributed by atoms with Gasteiger partial charge < -0.3 is 15.5 Å². The van der Waals surface area contributed by atoms with Gasteiger partial charge in [-0.05, 0) is 17.9 Å². The highest BCUT2D eigenvalue weighted by atomic mass is 16.4. The Kier molecular flexibility index (Phi) is 4.16. The van der Waals surface area contributed by atoms with Crippen LogP contribution in [-0.4, -0.2) is 34.7 Å². The fraction of sp³-hybridized carbons (Fsp3) is 0.429. The van der Waals surface area contributed by atoms with Crippen molar-refractivity contribution in [3.8, 4) is 0 Å². The first kappa shape index (κ1) is 13.5.